The highest BCUT2D eigenvalue weighted by Crippen LogP contribution is 2.25. The van der Waals surface area contributed by atoms with Crippen LogP contribution in [0.4, 0.5) is 8.78 Å². The van der Waals surface area contributed by atoms with Crippen LogP contribution in [-0.2, 0) is 6.42 Å². The van der Waals surface area contributed by atoms with Crippen LogP contribution in [0.2, 0.25) is 0 Å². The predicted octanol–water partition coefficient (Wildman–Crippen LogP) is 2.66. The maximum absolute atomic E-state index is 13.9. The highest BCUT2D eigenvalue weighted by atomic mass is 19.1. The molecule has 1 N–H and O–H groups in total. The van der Waals surface area contributed by atoms with Gasteiger partial charge in [-0.25, -0.2) is 8.78 Å². The van der Waals surface area contributed by atoms with Gasteiger partial charge in [-0.15, -0.1) is 0 Å². The van der Waals surface area contributed by atoms with Crippen LogP contribution >= 0.6 is 0 Å². The summed E-state index contributed by atoms with van der Waals surface area (Å²) in [5, 5.41) is 3.29. The maximum atomic E-state index is 13.9. The minimum Gasteiger partial charge on any atom is -0.494 e. The van der Waals surface area contributed by atoms with Crippen LogP contribution in [0.1, 0.15) is 24.8 Å². The first kappa shape index (κ1) is 12.3. The van der Waals surface area contributed by atoms with E-state index in [-0.39, 0.29) is 17.4 Å². The highest BCUT2D eigenvalue weighted by molar-refractivity contribution is 5.32. The standard InChI is InChI=1S/C13H17F2NO/c1-17-12-6-5-11(14)10(13(12)15)8-9-4-2-3-7-16-9/h5-6,9,16H,2-4,7-8H2,1H3. The molecule has 1 aromatic carbocycles. The lowest BCUT2D eigenvalue weighted by Gasteiger charge is -2.24. The normalized spacial score (nSPS) is 20.3. The second kappa shape index (κ2) is 5.45. The largest absolute Gasteiger partial charge is 0.494 e. The van der Waals surface area contributed by atoms with E-state index >= 15 is 0 Å². The molecule has 1 atom stereocenters. The summed E-state index contributed by atoms with van der Waals surface area (Å²) in [5.41, 5.74) is 0.128. The molecule has 0 spiro atoms. The van der Waals surface area contributed by atoms with Crippen molar-refractivity contribution in [3.05, 3.63) is 29.3 Å². The van der Waals surface area contributed by atoms with E-state index in [4.69, 9.17) is 4.74 Å². The van der Waals surface area contributed by atoms with Crippen LogP contribution in [0, 0.1) is 11.6 Å². The summed E-state index contributed by atoms with van der Waals surface area (Å²) in [6, 6.07) is 2.75. The number of hydrogen-bond acceptors (Lipinski definition) is 2. The van der Waals surface area contributed by atoms with Crippen molar-refractivity contribution in [3.8, 4) is 5.75 Å². The minimum absolute atomic E-state index is 0.109. The number of ether oxygens (including phenoxy) is 1. The Morgan fingerprint density at radius 3 is 2.82 bits per heavy atom. The molecule has 1 aliphatic rings. The third-order valence-electron chi connectivity index (χ3n) is 3.23. The number of benzene rings is 1. The lowest BCUT2D eigenvalue weighted by atomic mass is 9.97. The molecule has 1 fully saturated rings. The van der Waals surface area contributed by atoms with E-state index < -0.39 is 11.6 Å². The Balaban J connectivity index is 2.18. The van der Waals surface area contributed by atoms with Crippen molar-refractivity contribution in [2.24, 2.45) is 0 Å². The minimum atomic E-state index is -0.570. The fourth-order valence-electron chi connectivity index (χ4n) is 2.27. The SMILES string of the molecule is COc1ccc(F)c(CC2CCCCN2)c1F. The molecule has 94 valence electrons. The van der Waals surface area contributed by atoms with E-state index in [1.807, 2.05) is 0 Å². The van der Waals surface area contributed by atoms with Gasteiger partial charge in [-0.2, -0.15) is 0 Å². The molecule has 0 amide bonds. The number of nitrogens with one attached hydrogen (secondary N) is 1. The monoisotopic (exact) mass is 241 g/mol. The summed E-state index contributed by atoms with van der Waals surface area (Å²) in [6.07, 6.45) is 3.61. The Bertz CT molecular complexity index is 389. The van der Waals surface area contributed by atoms with Gasteiger partial charge in [-0.05, 0) is 37.9 Å². The molecule has 4 heteroatoms. The van der Waals surface area contributed by atoms with Crippen molar-refractivity contribution < 1.29 is 13.5 Å². The van der Waals surface area contributed by atoms with E-state index in [0.717, 1.165) is 25.8 Å². The second-order valence-corrected chi connectivity index (χ2v) is 4.39. The lowest BCUT2D eigenvalue weighted by molar-refractivity contribution is 0.367. The number of piperidine rings is 1. The van der Waals surface area contributed by atoms with Gasteiger partial charge in [0.15, 0.2) is 11.6 Å². The number of halogens is 2. The summed E-state index contributed by atoms with van der Waals surface area (Å²) in [6.45, 7) is 0.928. The first-order valence-corrected chi connectivity index (χ1v) is 5.96. The summed E-state index contributed by atoms with van der Waals surface area (Å²) in [7, 11) is 1.39. The van der Waals surface area contributed by atoms with E-state index in [2.05, 4.69) is 5.32 Å². The molecule has 1 aliphatic heterocycles. The molecule has 0 bridgehead atoms. The van der Waals surface area contributed by atoms with Crippen LogP contribution in [0.3, 0.4) is 0 Å². The molecule has 2 nitrogen and oxygen atoms in total. The zero-order valence-electron chi connectivity index (χ0n) is 9.93. The summed E-state index contributed by atoms with van der Waals surface area (Å²) >= 11 is 0. The quantitative estimate of drug-likeness (QED) is 0.878. The van der Waals surface area contributed by atoms with Gasteiger partial charge in [-0.3, -0.25) is 0 Å². The average Bonchev–Trinajstić information content (AvgIpc) is 2.36. The van der Waals surface area contributed by atoms with Crippen molar-refractivity contribution in [1.82, 2.24) is 5.32 Å². The number of rotatable bonds is 3. The predicted molar refractivity (Wildman–Crippen MR) is 62.3 cm³/mol. The molecule has 0 aromatic heterocycles. The van der Waals surface area contributed by atoms with Gasteiger partial charge in [0.25, 0.3) is 0 Å². The molecule has 0 saturated carbocycles. The summed E-state index contributed by atoms with van der Waals surface area (Å²) in [5.74, 6) is -0.951. The van der Waals surface area contributed by atoms with E-state index in [1.54, 1.807) is 0 Å². The zero-order chi connectivity index (χ0) is 12.3. The van der Waals surface area contributed by atoms with E-state index in [9.17, 15) is 8.78 Å². The summed E-state index contributed by atoms with van der Waals surface area (Å²) in [4.78, 5) is 0. The first-order chi connectivity index (χ1) is 8.22. The fourth-order valence-corrected chi connectivity index (χ4v) is 2.27. The second-order valence-electron chi connectivity index (χ2n) is 4.39. The molecule has 1 aromatic rings. The molecule has 17 heavy (non-hydrogen) atoms. The van der Waals surface area contributed by atoms with E-state index in [1.165, 1.54) is 19.2 Å². The number of hydrogen-bond donors (Lipinski definition) is 1. The topological polar surface area (TPSA) is 21.3 Å². The van der Waals surface area contributed by atoms with Crippen LogP contribution in [0.25, 0.3) is 0 Å². The van der Waals surface area contributed by atoms with Crippen molar-refractivity contribution in [1.29, 1.82) is 0 Å². The van der Waals surface area contributed by atoms with Crippen molar-refractivity contribution >= 4 is 0 Å². The Hall–Kier alpha value is -1.16. The van der Waals surface area contributed by atoms with Gasteiger partial charge >= 0.3 is 0 Å². The van der Waals surface area contributed by atoms with Gasteiger partial charge in [0, 0.05) is 11.6 Å². The molecular formula is C13H17F2NO. The van der Waals surface area contributed by atoms with Gasteiger partial charge in [0.2, 0.25) is 0 Å². The Morgan fingerprint density at radius 2 is 2.18 bits per heavy atom. The van der Waals surface area contributed by atoms with Gasteiger partial charge in [0.1, 0.15) is 5.82 Å². The zero-order valence-corrected chi connectivity index (χ0v) is 9.93. The molecule has 0 aliphatic carbocycles. The van der Waals surface area contributed by atoms with Gasteiger partial charge < -0.3 is 10.1 Å². The maximum Gasteiger partial charge on any atom is 0.171 e. The average molecular weight is 241 g/mol. The van der Waals surface area contributed by atoms with Crippen LogP contribution in [0.15, 0.2) is 12.1 Å². The Kier molecular flexibility index (Phi) is 3.94. The van der Waals surface area contributed by atoms with Crippen molar-refractivity contribution in [3.63, 3.8) is 0 Å². The van der Waals surface area contributed by atoms with Gasteiger partial charge in [-0.1, -0.05) is 6.42 Å². The molecular weight excluding hydrogens is 224 g/mol. The van der Waals surface area contributed by atoms with Crippen LogP contribution in [-0.4, -0.2) is 19.7 Å². The third-order valence-corrected chi connectivity index (χ3v) is 3.23. The Labute approximate surface area is 100.0 Å². The Morgan fingerprint density at radius 1 is 1.35 bits per heavy atom. The van der Waals surface area contributed by atoms with Crippen molar-refractivity contribution in [2.45, 2.75) is 31.7 Å². The third kappa shape index (κ3) is 2.75. The van der Waals surface area contributed by atoms with Gasteiger partial charge in [0.05, 0.1) is 7.11 Å². The van der Waals surface area contributed by atoms with Crippen LogP contribution in [0.5, 0.6) is 5.75 Å². The summed E-state index contributed by atoms with van der Waals surface area (Å²) < 4.78 is 32.4. The molecule has 1 heterocycles. The fraction of sp³-hybridized carbons (Fsp3) is 0.538. The lowest BCUT2D eigenvalue weighted by Crippen LogP contribution is -2.36. The molecule has 0 radical (unpaired) electrons. The highest BCUT2D eigenvalue weighted by Gasteiger charge is 2.20. The molecule has 1 saturated heterocycles. The smallest absolute Gasteiger partial charge is 0.171 e. The molecule has 1 unspecified atom stereocenters. The molecule has 2 rings (SSSR count). The van der Waals surface area contributed by atoms with Crippen molar-refractivity contribution in [2.75, 3.05) is 13.7 Å². The van der Waals surface area contributed by atoms with Crippen LogP contribution < -0.4 is 10.1 Å². The van der Waals surface area contributed by atoms with E-state index in [0.29, 0.717) is 6.42 Å². The number of methoxy groups -OCH3 is 1. The first-order valence-electron chi connectivity index (χ1n) is 5.96.